The van der Waals surface area contributed by atoms with E-state index in [0.717, 1.165) is 23.7 Å². The molecular formula is C10H21O2Sn2. The molecule has 81 valence electrons. The fourth-order valence-electron chi connectivity index (χ4n) is 1.18. The summed E-state index contributed by atoms with van der Waals surface area (Å²) in [5, 5.41) is 0. The monoisotopic (exact) mass is 413 g/mol. The van der Waals surface area contributed by atoms with Crippen molar-refractivity contribution in [2.45, 2.75) is 60.9 Å². The zero-order valence-corrected chi connectivity index (χ0v) is 15.1. The van der Waals surface area contributed by atoms with Crippen molar-refractivity contribution in [3.63, 3.8) is 0 Å². The molecular weight excluding hydrogens is 390 g/mol. The maximum absolute atomic E-state index is 11.5. The van der Waals surface area contributed by atoms with Crippen LogP contribution in [0.2, 0.25) is 4.44 Å². The molecule has 0 spiro atoms. The third kappa shape index (κ3) is 9.90. The number of unbranched alkanes of at least 4 members (excludes halogenated alkanes) is 3. The molecule has 1 unspecified atom stereocenters. The van der Waals surface area contributed by atoms with Crippen molar-refractivity contribution in [2.24, 2.45) is 0 Å². The fraction of sp³-hybridized carbons (Fsp3) is 1.00. The molecule has 0 rings (SSSR count). The molecule has 0 aliphatic carbocycles. The van der Waals surface area contributed by atoms with Gasteiger partial charge in [-0.1, -0.05) is 0 Å². The Morgan fingerprint density at radius 2 is 1.86 bits per heavy atom. The van der Waals surface area contributed by atoms with Gasteiger partial charge in [0.25, 0.3) is 0 Å². The zero-order chi connectivity index (χ0) is 10.8. The fourth-order valence-corrected chi connectivity index (χ4v) is 7.69. The van der Waals surface area contributed by atoms with Crippen LogP contribution in [0, 0.1) is 0 Å². The molecule has 14 heavy (non-hydrogen) atoms. The molecule has 1 atom stereocenters. The second-order valence-corrected chi connectivity index (χ2v) is 9.64. The number of hydrogen-bond acceptors (Lipinski definition) is 2. The van der Waals surface area contributed by atoms with E-state index in [1.807, 2.05) is 0 Å². The molecule has 2 nitrogen and oxygen atoms in total. The van der Waals surface area contributed by atoms with Gasteiger partial charge in [0, 0.05) is 0 Å². The molecule has 0 saturated heterocycles. The van der Waals surface area contributed by atoms with Crippen molar-refractivity contribution >= 4 is 42.7 Å². The third-order valence-corrected chi connectivity index (χ3v) is 8.89. The van der Waals surface area contributed by atoms with Crippen LogP contribution in [0.15, 0.2) is 0 Å². The van der Waals surface area contributed by atoms with Gasteiger partial charge in [0.05, 0.1) is 0 Å². The summed E-state index contributed by atoms with van der Waals surface area (Å²) in [7, 11) is 0. The van der Waals surface area contributed by atoms with Gasteiger partial charge in [-0.25, -0.2) is 0 Å². The van der Waals surface area contributed by atoms with Crippen molar-refractivity contribution in [3.05, 3.63) is 0 Å². The number of rotatable bonds is 9. The maximum atomic E-state index is 11.5. The molecule has 0 aromatic rings. The molecule has 4 heteroatoms. The SMILES string of the molecule is CCCCC[CH]([Sn])[O][Sn](=[O])[CH2]CCC. The third-order valence-electron chi connectivity index (χ3n) is 2.08. The molecule has 0 bridgehead atoms. The quantitative estimate of drug-likeness (QED) is 0.432. The molecule has 0 aliphatic rings. The van der Waals surface area contributed by atoms with Gasteiger partial charge in [0.15, 0.2) is 0 Å². The van der Waals surface area contributed by atoms with Gasteiger partial charge in [0.2, 0.25) is 0 Å². The summed E-state index contributed by atoms with van der Waals surface area (Å²) >= 11 is -1.19. The number of hydrogen-bond donors (Lipinski definition) is 0. The first-order chi connectivity index (χ1) is 6.70. The van der Waals surface area contributed by atoms with E-state index >= 15 is 0 Å². The Hall–Kier alpha value is 1.36. The van der Waals surface area contributed by atoms with Crippen LogP contribution in [-0.4, -0.2) is 46.8 Å². The van der Waals surface area contributed by atoms with Gasteiger partial charge < -0.3 is 0 Å². The van der Waals surface area contributed by atoms with Crippen LogP contribution in [0.1, 0.15) is 52.4 Å². The molecule has 3 radical (unpaired) electrons. The summed E-state index contributed by atoms with van der Waals surface area (Å²) in [6, 6.07) is 0. The second-order valence-electron chi connectivity index (χ2n) is 3.58. The van der Waals surface area contributed by atoms with Crippen molar-refractivity contribution < 1.29 is 6.15 Å². The van der Waals surface area contributed by atoms with E-state index in [1.54, 1.807) is 0 Å². The van der Waals surface area contributed by atoms with Crippen LogP contribution < -0.4 is 0 Å². The Balaban J connectivity index is 3.40. The first kappa shape index (κ1) is 15.4. The van der Waals surface area contributed by atoms with Crippen LogP contribution in [0.3, 0.4) is 0 Å². The van der Waals surface area contributed by atoms with Crippen LogP contribution in [0.5, 0.6) is 0 Å². The average molecular weight is 411 g/mol. The van der Waals surface area contributed by atoms with Crippen LogP contribution in [-0.2, 0) is 6.15 Å². The summed E-state index contributed by atoms with van der Waals surface area (Å²) in [5.41, 5.74) is 0. The van der Waals surface area contributed by atoms with E-state index in [9.17, 15) is 3.08 Å². The van der Waals surface area contributed by atoms with E-state index in [1.165, 1.54) is 41.8 Å². The topological polar surface area (TPSA) is 26.3 Å². The Morgan fingerprint density at radius 1 is 1.21 bits per heavy atom. The molecule has 0 saturated carbocycles. The van der Waals surface area contributed by atoms with E-state index in [2.05, 4.69) is 13.8 Å². The predicted molar refractivity (Wildman–Crippen MR) is 60.9 cm³/mol. The van der Waals surface area contributed by atoms with Gasteiger partial charge in [0.1, 0.15) is 0 Å². The van der Waals surface area contributed by atoms with Crippen LogP contribution in [0.4, 0.5) is 0 Å². The Morgan fingerprint density at radius 3 is 2.43 bits per heavy atom. The summed E-state index contributed by atoms with van der Waals surface area (Å²) in [6.07, 6.45) is 7.09. The minimum atomic E-state index is -2.59. The van der Waals surface area contributed by atoms with Crippen LogP contribution >= 0.6 is 0 Å². The second kappa shape index (κ2) is 10.9. The van der Waals surface area contributed by atoms with Gasteiger partial charge in [-0.15, -0.1) is 0 Å². The molecule has 0 aliphatic heterocycles. The molecule has 0 aromatic carbocycles. The molecule has 0 aromatic heterocycles. The molecule has 0 amide bonds. The summed E-state index contributed by atoms with van der Waals surface area (Å²) < 4.78 is 18.3. The minimum absolute atomic E-state index is 0.317. The molecule has 0 fully saturated rings. The van der Waals surface area contributed by atoms with E-state index < -0.39 is 20.2 Å². The zero-order valence-electron chi connectivity index (χ0n) is 9.34. The van der Waals surface area contributed by atoms with Gasteiger partial charge in [-0.2, -0.15) is 0 Å². The van der Waals surface area contributed by atoms with Crippen molar-refractivity contribution in [1.82, 2.24) is 0 Å². The predicted octanol–water partition coefficient (Wildman–Crippen LogP) is 2.80. The molecule has 0 heterocycles. The van der Waals surface area contributed by atoms with E-state index in [4.69, 9.17) is 3.07 Å². The van der Waals surface area contributed by atoms with Gasteiger partial charge in [-0.05, 0) is 0 Å². The summed E-state index contributed by atoms with van der Waals surface area (Å²) in [4.78, 5) is 0. The first-order valence-corrected chi connectivity index (χ1v) is 11.6. The molecule has 0 N–H and O–H groups in total. The summed E-state index contributed by atoms with van der Waals surface area (Å²) in [5.74, 6) is 0. The van der Waals surface area contributed by atoms with Gasteiger partial charge in [-0.3, -0.25) is 0 Å². The summed E-state index contributed by atoms with van der Waals surface area (Å²) in [6.45, 7) is 4.34. The van der Waals surface area contributed by atoms with Crippen molar-refractivity contribution in [1.29, 1.82) is 0 Å². The first-order valence-electron chi connectivity index (χ1n) is 5.61. The Bertz CT molecular complexity index is 151. The van der Waals surface area contributed by atoms with Crippen LogP contribution in [0.25, 0.3) is 0 Å². The van der Waals surface area contributed by atoms with E-state index in [0.29, 0.717) is 4.12 Å². The average Bonchev–Trinajstić information content (AvgIpc) is 2.15. The standard InChI is InChI=1S/C6H12O.C4H9.O.2Sn/c1-2-3-4-5-6-7;1-3-4-2;;;/h6H,2-5H2,1H3;1,3-4H2,2H3;;;/q-1;;;;+1. The van der Waals surface area contributed by atoms with Crippen molar-refractivity contribution in [3.8, 4) is 0 Å². The van der Waals surface area contributed by atoms with E-state index in [-0.39, 0.29) is 0 Å². The van der Waals surface area contributed by atoms with Gasteiger partial charge >= 0.3 is 110 Å². The Kier molecular flexibility index (Phi) is 11.9. The van der Waals surface area contributed by atoms with Crippen molar-refractivity contribution in [2.75, 3.05) is 0 Å². The Labute approximate surface area is 109 Å². The normalized spacial score (nSPS) is 12.8.